The number of aromatic nitrogens is 3. The van der Waals surface area contributed by atoms with Gasteiger partial charge in [0.05, 0.1) is 11.6 Å². The van der Waals surface area contributed by atoms with Gasteiger partial charge in [0, 0.05) is 16.7 Å². The summed E-state index contributed by atoms with van der Waals surface area (Å²) in [6.45, 7) is 2.57. The standard InChI is InChI=1S/C25H17Cl2N3O3S/c1-2-32-17-7-3-15(4-8-17)5-12-23-28-25-30(29-23)24(31)22(34-25)14-18-9-11-21(33-18)19-10-6-16(26)13-20(19)27/h3-14H,2H2,1H3/b12-5+,22-14-. The highest BCUT2D eigenvalue weighted by Crippen LogP contribution is 2.31. The Labute approximate surface area is 208 Å². The van der Waals surface area contributed by atoms with Gasteiger partial charge >= 0.3 is 0 Å². The fourth-order valence-electron chi connectivity index (χ4n) is 3.33. The lowest BCUT2D eigenvalue weighted by molar-refractivity contribution is 0.340. The zero-order valence-corrected chi connectivity index (χ0v) is 20.2. The molecule has 0 saturated carbocycles. The molecule has 0 spiro atoms. The maximum atomic E-state index is 12.8. The summed E-state index contributed by atoms with van der Waals surface area (Å²) < 4.78 is 13.1. The number of hydrogen-bond donors (Lipinski definition) is 0. The number of halogens is 2. The van der Waals surface area contributed by atoms with Gasteiger partial charge in [-0.1, -0.05) is 52.7 Å². The Kier molecular flexibility index (Phi) is 6.24. The van der Waals surface area contributed by atoms with E-state index in [1.54, 1.807) is 42.5 Å². The predicted molar refractivity (Wildman–Crippen MR) is 137 cm³/mol. The Bertz CT molecular complexity index is 1620. The lowest BCUT2D eigenvalue weighted by Crippen LogP contribution is -2.23. The highest BCUT2D eigenvalue weighted by atomic mass is 35.5. The van der Waals surface area contributed by atoms with Gasteiger partial charge in [0.1, 0.15) is 21.8 Å². The summed E-state index contributed by atoms with van der Waals surface area (Å²) in [4.78, 5) is 17.8. The second kappa shape index (κ2) is 9.46. The monoisotopic (exact) mass is 509 g/mol. The first kappa shape index (κ1) is 22.4. The third-order valence-corrected chi connectivity index (χ3v) is 6.42. The number of rotatable bonds is 6. The second-order valence-corrected chi connectivity index (χ2v) is 9.09. The van der Waals surface area contributed by atoms with Crippen LogP contribution in [0.2, 0.25) is 10.0 Å². The third-order valence-electron chi connectivity index (χ3n) is 4.91. The number of hydrogen-bond acceptors (Lipinski definition) is 6. The van der Waals surface area contributed by atoms with Crippen molar-refractivity contribution in [3.8, 4) is 17.1 Å². The Hall–Kier alpha value is -3.39. The molecule has 3 aromatic heterocycles. The number of thiazole rings is 1. The van der Waals surface area contributed by atoms with Crippen molar-refractivity contribution >= 4 is 57.7 Å². The minimum Gasteiger partial charge on any atom is -0.494 e. The van der Waals surface area contributed by atoms with Crippen LogP contribution in [0.4, 0.5) is 0 Å². The van der Waals surface area contributed by atoms with E-state index in [4.69, 9.17) is 32.4 Å². The lowest BCUT2D eigenvalue weighted by Gasteiger charge is -2.01. The van der Waals surface area contributed by atoms with Crippen LogP contribution >= 0.6 is 34.5 Å². The largest absolute Gasteiger partial charge is 0.494 e. The second-order valence-electron chi connectivity index (χ2n) is 7.24. The van der Waals surface area contributed by atoms with Crippen LogP contribution in [0.25, 0.3) is 34.5 Å². The van der Waals surface area contributed by atoms with Gasteiger partial charge in [0.15, 0.2) is 5.82 Å². The molecule has 5 aromatic rings. The van der Waals surface area contributed by atoms with Crippen molar-refractivity contribution in [1.29, 1.82) is 0 Å². The first-order chi connectivity index (χ1) is 16.5. The Morgan fingerprint density at radius 3 is 2.65 bits per heavy atom. The van der Waals surface area contributed by atoms with Crippen LogP contribution in [0.3, 0.4) is 0 Å². The van der Waals surface area contributed by atoms with E-state index in [0.717, 1.165) is 16.9 Å². The Morgan fingerprint density at radius 1 is 1.09 bits per heavy atom. The van der Waals surface area contributed by atoms with E-state index in [0.29, 0.717) is 43.5 Å². The van der Waals surface area contributed by atoms with Crippen LogP contribution in [-0.2, 0) is 0 Å². The van der Waals surface area contributed by atoms with Crippen molar-refractivity contribution in [3.05, 3.63) is 96.7 Å². The maximum Gasteiger partial charge on any atom is 0.291 e. The molecule has 3 heterocycles. The molecule has 170 valence electrons. The molecule has 2 aromatic carbocycles. The average molecular weight is 510 g/mol. The topological polar surface area (TPSA) is 69.6 Å². The van der Waals surface area contributed by atoms with Gasteiger partial charge in [-0.25, -0.2) is 0 Å². The van der Waals surface area contributed by atoms with Gasteiger partial charge in [-0.15, -0.1) is 5.10 Å². The van der Waals surface area contributed by atoms with E-state index in [1.165, 1.54) is 15.9 Å². The fraction of sp³-hybridized carbons (Fsp3) is 0.0800. The zero-order chi connectivity index (χ0) is 23.7. The van der Waals surface area contributed by atoms with Crippen molar-refractivity contribution in [2.45, 2.75) is 6.92 Å². The number of fused-ring (bicyclic) bond motifs is 1. The number of benzene rings is 2. The van der Waals surface area contributed by atoms with Gasteiger partial charge in [-0.05, 0) is 61.0 Å². The highest BCUT2D eigenvalue weighted by Gasteiger charge is 2.11. The number of nitrogens with zero attached hydrogens (tertiary/aromatic N) is 3. The van der Waals surface area contributed by atoms with E-state index in [2.05, 4.69) is 10.1 Å². The van der Waals surface area contributed by atoms with Crippen molar-refractivity contribution in [3.63, 3.8) is 0 Å². The van der Waals surface area contributed by atoms with Crippen LogP contribution in [0.5, 0.6) is 5.75 Å². The first-order valence-corrected chi connectivity index (χ1v) is 11.9. The SMILES string of the molecule is CCOc1ccc(/C=C/c2nc3s/c(=C\c4ccc(-c5ccc(Cl)cc5Cl)o4)c(=O)n3n2)cc1. The van der Waals surface area contributed by atoms with Gasteiger partial charge < -0.3 is 9.15 Å². The molecule has 0 fully saturated rings. The summed E-state index contributed by atoms with van der Waals surface area (Å²) in [7, 11) is 0. The number of ether oxygens (including phenoxy) is 1. The van der Waals surface area contributed by atoms with E-state index in [-0.39, 0.29) is 5.56 Å². The molecule has 0 atom stereocenters. The lowest BCUT2D eigenvalue weighted by atomic mass is 10.2. The van der Waals surface area contributed by atoms with Crippen LogP contribution in [-0.4, -0.2) is 21.2 Å². The molecule has 0 aliphatic rings. The molecule has 0 N–H and O–H groups in total. The van der Waals surface area contributed by atoms with Crippen LogP contribution in [0, 0.1) is 0 Å². The van der Waals surface area contributed by atoms with Gasteiger partial charge in [-0.3, -0.25) is 4.79 Å². The molecule has 34 heavy (non-hydrogen) atoms. The minimum atomic E-state index is -0.254. The van der Waals surface area contributed by atoms with Crippen molar-refractivity contribution in [1.82, 2.24) is 14.6 Å². The van der Waals surface area contributed by atoms with Crippen molar-refractivity contribution in [2.75, 3.05) is 6.61 Å². The molecule has 6 nitrogen and oxygen atoms in total. The van der Waals surface area contributed by atoms with Crippen LogP contribution in [0.15, 0.2) is 63.8 Å². The molecular formula is C25H17Cl2N3O3S. The minimum absolute atomic E-state index is 0.254. The smallest absolute Gasteiger partial charge is 0.291 e. The molecule has 0 radical (unpaired) electrons. The van der Waals surface area contributed by atoms with E-state index in [1.807, 2.05) is 37.3 Å². The number of furan rings is 1. The molecule has 0 aliphatic carbocycles. The van der Waals surface area contributed by atoms with E-state index in [9.17, 15) is 4.79 Å². The third kappa shape index (κ3) is 4.63. The summed E-state index contributed by atoms with van der Waals surface area (Å²) in [5.41, 5.74) is 1.45. The Morgan fingerprint density at radius 2 is 1.91 bits per heavy atom. The molecule has 0 unspecified atom stereocenters. The summed E-state index contributed by atoms with van der Waals surface area (Å²) in [6.07, 6.45) is 5.33. The van der Waals surface area contributed by atoms with Crippen molar-refractivity contribution < 1.29 is 9.15 Å². The molecule has 0 saturated heterocycles. The maximum absolute atomic E-state index is 12.8. The fourth-order valence-corrected chi connectivity index (χ4v) is 4.72. The van der Waals surface area contributed by atoms with E-state index >= 15 is 0 Å². The molecule has 5 rings (SSSR count). The molecule has 0 amide bonds. The summed E-state index contributed by atoms with van der Waals surface area (Å²) in [5, 5.41) is 5.36. The van der Waals surface area contributed by atoms with Gasteiger partial charge in [0.2, 0.25) is 4.96 Å². The highest BCUT2D eigenvalue weighted by molar-refractivity contribution is 7.15. The molecule has 9 heteroatoms. The molecular weight excluding hydrogens is 493 g/mol. The van der Waals surface area contributed by atoms with Crippen LogP contribution < -0.4 is 14.8 Å². The van der Waals surface area contributed by atoms with E-state index < -0.39 is 0 Å². The molecule has 0 bridgehead atoms. The van der Waals surface area contributed by atoms with Gasteiger partial charge in [0.25, 0.3) is 5.56 Å². The predicted octanol–water partition coefficient (Wildman–Crippen LogP) is 5.83. The van der Waals surface area contributed by atoms with Crippen molar-refractivity contribution in [2.24, 2.45) is 0 Å². The Balaban J connectivity index is 1.39. The normalized spacial score (nSPS) is 12.3. The quantitative estimate of drug-likeness (QED) is 0.287. The summed E-state index contributed by atoms with van der Waals surface area (Å²) in [5.74, 6) is 2.39. The average Bonchev–Trinajstić information content (AvgIpc) is 3.51. The zero-order valence-electron chi connectivity index (χ0n) is 17.9. The molecule has 0 aliphatic heterocycles. The van der Waals surface area contributed by atoms with Crippen LogP contribution in [0.1, 0.15) is 24.1 Å². The summed E-state index contributed by atoms with van der Waals surface area (Å²) in [6, 6.07) is 16.5. The van der Waals surface area contributed by atoms with Gasteiger partial charge in [-0.2, -0.15) is 9.50 Å². The first-order valence-electron chi connectivity index (χ1n) is 10.4. The summed E-state index contributed by atoms with van der Waals surface area (Å²) >= 11 is 13.5.